The standard InChI is InChI=1S/C19H16F3N5O2/c20-19(21,22)15-7-9-27(26-15)11-12-4-3-5-13(10-12)18(29)25-16(17(23)28)14-6-1-2-8-24-14/h1-10,16H,11H2,(H2,23,28)(H,25,29). The van der Waals surface area contributed by atoms with Crippen molar-refractivity contribution in [2.24, 2.45) is 5.73 Å². The van der Waals surface area contributed by atoms with E-state index < -0.39 is 29.7 Å². The van der Waals surface area contributed by atoms with Crippen LogP contribution in [0.15, 0.2) is 60.9 Å². The number of amides is 2. The number of carbonyl (C=O) groups excluding carboxylic acids is 2. The first-order chi connectivity index (χ1) is 13.7. The molecule has 0 aliphatic carbocycles. The lowest BCUT2D eigenvalue weighted by Crippen LogP contribution is -2.38. The van der Waals surface area contributed by atoms with Gasteiger partial charge in [0.2, 0.25) is 5.91 Å². The van der Waals surface area contributed by atoms with Crippen LogP contribution in [0.2, 0.25) is 0 Å². The van der Waals surface area contributed by atoms with Gasteiger partial charge in [-0.15, -0.1) is 0 Å². The van der Waals surface area contributed by atoms with Gasteiger partial charge in [0.15, 0.2) is 11.7 Å². The lowest BCUT2D eigenvalue weighted by Gasteiger charge is -2.15. The molecule has 2 heterocycles. The van der Waals surface area contributed by atoms with Crippen LogP contribution in [0.4, 0.5) is 13.2 Å². The number of aromatic nitrogens is 3. The molecule has 1 aromatic carbocycles. The Labute approximate surface area is 163 Å². The van der Waals surface area contributed by atoms with E-state index in [4.69, 9.17) is 5.73 Å². The Morgan fingerprint density at radius 2 is 1.93 bits per heavy atom. The molecule has 10 heteroatoms. The maximum Gasteiger partial charge on any atom is 0.435 e. The van der Waals surface area contributed by atoms with Gasteiger partial charge in [0, 0.05) is 18.0 Å². The van der Waals surface area contributed by atoms with Gasteiger partial charge in [0.1, 0.15) is 0 Å². The van der Waals surface area contributed by atoms with E-state index in [9.17, 15) is 22.8 Å². The van der Waals surface area contributed by atoms with E-state index in [-0.39, 0.29) is 12.1 Å². The zero-order valence-corrected chi connectivity index (χ0v) is 14.9. The van der Waals surface area contributed by atoms with E-state index in [2.05, 4.69) is 15.4 Å². The number of pyridine rings is 1. The molecular weight excluding hydrogens is 387 g/mol. The fourth-order valence-corrected chi connectivity index (χ4v) is 2.65. The van der Waals surface area contributed by atoms with Gasteiger partial charge in [0.05, 0.1) is 12.2 Å². The summed E-state index contributed by atoms with van der Waals surface area (Å²) in [6.45, 7) is 0.0384. The summed E-state index contributed by atoms with van der Waals surface area (Å²) in [4.78, 5) is 28.3. The average Bonchev–Trinajstić information content (AvgIpc) is 3.15. The van der Waals surface area contributed by atoms with Gasteiger partial charge in [0.25, 0.3) is 5.91 Å². The predicted octanol–water partition coefficient (Wildman–Crippen LogP) is 2.30. The Morgan fingerprint density at radius 1 is 1.14 bits per heavy atom. The fraction of sp³-hybridized carbons (Fsp3) is 0.158. The number of benzene rings is 1. The molecule has 1 unspecified atom stereocenters. The highest BCUT2D eigenvalue weighted by molar-refractivity contribution is 5.97. The number of nitrogens with zero attached hydrogens (tertiary/aromatic N) is 3. The van der Waals surface area contributed by atoms with Gasteiger partial charge < -0.3 is 11.1 Å². The minimum Gasteiger partial charge on any atom is -0.368 e. The van der Waals surface area contributed by atoms with E-state index in [1.54, 1.807) is 30.3 Å². The summed E-state index contributed by atoms with van der Waals surface area (Å²) in [7, 11) is 0. The van der Waals surface area contributed by atoms with Crippen molar-refractivity contribution in [2.45, 2.75) is 18.8 Å². The Balaban J connectivity index is 1.75. The van der Waals surface area contributed by atoms with Gasteiger partial charge in [-0.3, -0.25) is 19.3 Å². The first-order valence-corrected chi connectivity index (χ1v) is 8.45. The molecule has 0 saturated heterocycles. The molecule has 0 saturated carbocycles. The molecule has 2 aromatic heterocycles. The molecule has 0 spiro atoms. The van der Waals surface area contributed by atoms with Crippen molar-refractivity contribution in [1.82, 2.24) is 20.1 Å². The van der Waals surface area contributed by atoms with Crippen molar-refractivity contribution in [3.05, 3.63) is 83.4 Å². The minimum atomic E-state index is -4.53. The van der Waals surface area contributed by atoms with Gasteiger partial charge >= 0.3 is 6.18 Å². The van der Waals surface area contributed by atoms with Gasteiger partial charge in [-0.2, -0.15) is 18.3 Å². The summed E-state index contributed by atoms with van der Waals surface area (Å²) < 4.78 is 39.1. The second-order valence-corrected chi connectivity index (χ2v) is 6.16. The molecule has 0 bridgehead atoms. The number of hydrogen-bond acceptors (Lipinski definition) is 4. The molecule has 150 valence electrons. The summed E-state index contributed by atoms with van der Waals surface area (Å²) in [5, 5.41) is 6.00. The average molecular weight is 403 g/mol. The van der Waals surface area contributed by atoms with Crippen molar-refractivity contribution >= 4 is 11.8 Å². The Bertz CT molecular complexity index is 1020. The summed E-state index contributed by atoms with van der Waals surface area (Å²) in [5.74, 6) is -1.35. The maximum absolute atomic E-state index is 12.7. The van der Waals surface area contributed by atoms with Crippen molar-refractivity contribution < 1.29 is 22.8 Å². The van der Waals surface area contributed by atoms with E-state index in [0.29, 0.717) is 11.3 Å². The number of alkyl halides is 3. The van der Waals surface area contributed by atoms with Crippen molar-refractivity contribution in [1.29, 1.82) is 0 Å². The summed E-state index contributed by atoms with van der Waals surface area (Å²) >= 11 is 0. The van der Waals surface area contributed by atoms with E-state index in [0.717, 1.165) is 10.7 Å². The zero-order valence-electron chi connectivity index (χ0n) is 14.9. The second kappa shape index (κ2) is 8.13. The van der Waals surface area contributed by atoms with Crippen LogP contribution < -0.4 is 11.1 Å². The molecule has 0 fully saturated rings. The number of nitrogens with one attached hydrogen (secondary N) is 1. The molecule has 3 rings (SSSR count). The van der Waals surface area contributed by atoms with E-state index in [1.165, 1.54) is 24.5 Å². The third kappa shape index (κ3) is 4.98. The molecule has 0 aliphatic heterocycles. The molecule has 0 radical (unpaired) electrons. The van der Waals surface area contributed by atoms with Crippen LogP contribution in [-0.2, 0) is 17.5 Å². The molecular formula is C19H16F3N5O2. The van der Waals surface area contributed by atoms with Crippen LogP contribution in [0.5, 0.6) is 0 Å². The Hall–Kier alpha value is -3.69. The fourth-order valence-electron chi connectivity index (χ4n) is 2.65. The topological polar surface area (TPSA) is 103 Å². The maximum atomic E-state index is 12.7. The smallest absolute Gasteiger partial charge is 0.368 e. The zero-order chi connectivity index (χ0) is 21.0. The van der Waals surface area contributed by atoms with E-state index in [1.807, 2.05) is 0 Å². The van der Waals surface area contributed by atoms with Crippen LogP contribution in [0, 0.1) is 0 Å². The molecule has 2 amide bonds. The van der Waals surface area contributed by atoms with Gasteiger partial charge in [-0.05, 0) is 35.9 Å². The first kappa shape index (κ1) is 20.1. The predicted molar refractivity (Wildman–Crippen MR) is 96.4 cm³/mol. The minimum absolute atomic E-state index is 0.0384. The third-order valence-corrected chi connectivity index (χ3v) is 4.01. The Kier molecular flexibility index (Phi) is 5.62. The SMILES string of the molecule is NC(=O)C(NC(=O)c1cccc(Cn2ccc(C(F)(F)F)n2)c1)c1ccccn1. The summed E-state index contributed by atoms with van der Waals surface area (Å²) in [6.07, 6.45) is -1.85. The lowest BCUT2D eigenvalue weighted by molar-refractivity contribution is -0.141. The summed E-state index contributed by atoms with van der Waals surface area (Å²) in [6, 6.07) is 10.9. The third-order valence-electron chi connectivity index (χ3n) is 4.01. The first-order valence-electron chi connectivity index (χ1n) is 8.45. The molecule has 3 aromatic rings. The van der Waals surface area contributed by atoms with Crippen molar-refractivity contribution in [2.75, 3.05) is 0 Å². The highest BCUT2D eigenvalue weighted by atomic mass is 19.4. The largest absolute Gasteiger partial charge is 0.435 e. The summed E-state index contributed by atoms with van der Waals surface area (Å²) in [5.41, 5.74) is 5.44. The van der Waals surface area contributed by atoms with Crippen LogP contribution in [0.1, 0.15) is 33.4 Å². The number of halogens is 3. The number of rotatable bonds is 6. The van der Waals surface area contributed by atoms with Crippen LogP contribution in [0.25, 0.3) is 0 Å². The molecule has 3 N–H and O–H groups in total. The van der Waals surface area contributed by atoms with Crippen molar-refractivity contribution in [3.8, 4) is 0 Å². The highest BCUT2D eigenvalue weighted by Crippen LogP contribution is 2.27. The second-order valence-electron chi connectivity index (χ2n) is 6.16. The molecule has 0 aliphatic rings. The van der Waals surface area contributed by atoms with E-state index >= 15 is 0 Å². The highest BCUT2D eigenvalue weighted by Gasteiger charge is 2.33. The normalized spacial score (nSPS) is 12.4. The monoisotopic (exact) mass is 403 g/mol. The number of carbonyl (C=O) groups is 2. The van der Waals surface area contributed by atoms with Gasteiger partial charge in [-0.1, -0.05) is 18.2 Å². The quantitative estimate of drug-likeness (QED) is 0.659. The van der Waals surface area contributed by atoms with Gasteiger partial charge in [-0.25, -0.2) is 0 Å². The van der Waals surface area contributed by atoms with Crippen LogP contribution in [0.3, 0.4) is 0 Å². The van der Waals surface area contributed by atoms with Crippen LogP contribution >= 0.6 is 0 Å². The Morgan fingerprint density at radius 3 is 2.55 bits per heavy atom. The molecule has 1 atom stereocenters. The number of hydrogen-bond donors (Lipinski definition) is 2. The molecule has 29 heavy (non-hydrogen) atoms. The lowest BCUT2D eigenvalue weighted by atomic mass is 10.1. The molecule has 7 nitrogen and oxygen atoms in total. The number of primary amides is 1. The van der Waals surface area contributed by atoms with Crippen molar-refractivity contribution in [3.63, 3.8) is 0 Å². The van der Waals surface area contributed by atoms with Crippen LogP contribution in [-0.4, -0.2) is 26.6 Å². The number of nitrogens with two attached hydrogens (primary N) is 1.